The van der Waals surface area contributed by atoms with Gasteiger partial charge in [0.2, 0.25) is 0 Å². The molecule has 0 spiro atoms. The summed E-state index contributed by atoms with van der Waals surface area (Å²) in [5, 5.41) is 0. The zero-order chi connectivity index (χ0) is 8.97. The van der Waals surface area contributed by atoms with E-state index in [-0.39, 0.29) is 6.23 Å². The van der Waals surface area contributed by atoms with E-state index in [9.17, 15) is 0 Å². The van der Waals surface area contributed by atoms with E-state index >= 15 is 0 Å². The number of nitrogen functional groups attached to an aromatic ring is 1. The van der Waals surface area contributed by atoms with E-state index in [4.69, 9.17) is 16.2 Å². The quantitative estimate of drug-likeness (QED) is 0.514. The molecule has 12 heavy (non-hydrogen) atoms. The summed E-state index contributed by atoms with van der Waals surface area (Å²) in [4.78, 5) is 0. The molecule has 1 aromatic carbocycles. The zero-order valence-electron chi connectivity index (χ0n) is 7.16. The molecule has 1 unspecified atom stereocenters. The Morgan fingerprint density at radius 2 is 1.92 bits per heavy atom. The second-order valence-corrected chi connectivity index (χ2v) is 2.72. The van der Waals surface area contributed by atoms with Gasteiger partial charge in [-0.25, -0.2) is 0 Å². The maximum atomic E-state index is 5.59. The molecule has 0 fully saturated rings. The summed E-state index contributed by atoms with van der Waals surface area (Å²) < 4.78 is 4.93. The molecule has 66 valence electrons. The van der Waals surface area contributed by atoms with Crippen LogP contribution in [0.1, 0.15) is 5.56 Å². The molecule has 3 nitrogen and oxygen atoms in total. The van der Waals surface area contributed by atoms with Gasteiger partial charge in [0.15, 0.2) is 0 Å². The molecule has 3 heteroatoms. The Hall–Kier alpha value is -1.06. The molecule has 0 bridgehead atoms. The number of hydrogen-bond donors (Lipinski definition) is 2. The second kappa shape index (κ2) is 4.09. The fourth-order valence-electron chi connectivity index (χ4n) is 0.969. The molecule has 1 aromatic rings. The van der Waals surface area contributed by atoms with Crippen molar-refractivity contribution in [2.75, 3.05) is 12.8 Å². The SMILES string of the molecule is COC(N)Cc1ccc(N)cc1. The number of methoxy groups -OCH3 is 1. The van der Waals surface area contributed by atoms with Gasteiger partial charge in [-0.2, -0.15) is 0 Å². The van der Waals surface area contributed by atoms with Gasteiger partial charge >= 0.3 is 0 Å². The lowest BCUT2D eigenvalue weighted by atomic mass is 10.1. The minimum Gasteiger partial charge on any atom is -0.399 e. The monoisotopic (exact) mass is 166 g/mol. The van der Waals surface area contributed by atoms with Gasteiger partial charge < -0.3 is 16.2 Å². The van der Waals surface area contributed by atoms with Crippen LogP contribution < -0.4 is 11.5 Å². The standard InChI is InChI=1S/C9H14N2O/c1-12-9(11)6-7-2-4-8(10)5-3-7/h2-5,9H,6,10-11H2,1H3. The predicted octanol–water partition coefficient (Wildman–Crippen LogP) is 0.742. The lowest BCUT2D eigenvalue weighted by molar-refractivity contribution is 0.109. The average Bonchev–Trinajstić information content (AvgIpc) is 2.09. The van der Waals surface area contributed by atoms with Crippen molar-refractivity contribution in [1.29, 1.82) is 0 Å². The van der Waals surface area contributed by atoms with Crippen LogP contribution in [0.3, 0.4) is 0 Å². The number of rotatable bonds is 3. The summed E-state index contributed by atoms with van der Waals surface area (Å²) in [6.07, 6.45) is 0.491. The summed E-state index contributed by atoms with van der Waals surface area (Å²) >= 11 is 0. The van der Waals surface area contributed by atoms with Gasteiger partial charge in [0, 0.05) is 19.2 Å². The smallest absolute Gasteiger partial charge is 0.109 e. The largest absolute Gasteiger partial charge is 0.399 e. The number of ether oxygens (including phenoxy) is 1. The van der Waals surface area contributed by atoms with E-state index in [2.05, 4.69) is 0 Å². The van der Waals surface area contributed by atoms with Crippen LogP contribution in [0, 0.1) is 0 Å². The normalized spacial score (nSPS) is 12.8. The number of nitrogens with two attached hydrogens (primary N) is 2. The van der Waals surface area contributed by atoms with Crippen LogP contribution in [0.4, 0.5) is 5.69 Å². The molecule has 0 saturated heterocycles. The van der Waals surface area contributed by atoms with Crippen LogP contribution >= 0.6 is 0 Å². The Morgan fingerprint density at radius 3 is 2.42 bits per heavy atom. The van der Waals surface area contributed by atoms with Crippen LogP contribution in [0.25, 0.3) is 0 Å². The summed E-state index contributed by atoms with van der Waals surface area (Å²) in [5.74, 6) is 0. The molecular weight excluding hydrogens is 152 g/mol. The number of benzene rings is 1. The first-order valence-corrected chi connectivity index (χ1v) is 3.85. The maximum absolute atomic E-state index is 5.59. The zero-order valence-corrected chi connectivity index (χ0v) is 7.16. The summed E-state index contributed by atoms with van der Waals surface area (Å²) in [6, 6.07) is 7.62. The maximum Gasteiger partial charge on any atom is 0.109 e. The average molecular weight is 166 g/mol. The van der Waals surface area contributed by atoms with Crippen molar-refractivity contribution in [2.45, 2.75) is 12.6 Å². The number of anilines is 1. The van der Waals surface area contributed by atoms with E-state index in [0.717, 1.165) is 17.7 Å². The topological polar surface area (TPSA) is 61.3 Å². The fraction of sp³-hybridized carbons (Fsp3) is 0.333. The first-order valence-electron chi connectivity index (χ1n) is 3.85. The van der Waals surface area contributed by atoms with Crippen LogP contribution in [0.15, 0.2) is 24.3 Å². The van der Waals surface area contributed by atoms with Gasteiger partial charge in [0.1, 0.15) is 6.23 Å². The Labute approximate surface area is 72.3 Å². The third-order valence-electron chi connectivity index (χ3n) is 1.72. The first kappa shape index (κ1) is 9.03. The van der Waals surface area contributed by atoms with Crippen LogP contribution in [-0.2, 0) is 11.2 Å². The highest BCUT2D eigenvalue weighted by Crippen LogP contribution is 2.07. The summed E-state index contributed by atoms with van der Waals surface area (Å²) in [7, 11) is 1.60. The van der Waals surface area contributed by atoms with Crippen LogP contribution in [0.5, 0.6) is 0 Å². The molecule has 0 aromatic heterocycles. The third kappa shape index (κ3) is 2.53. The highest BCUT2D eigenvalue weighted by molar-refractivity contribution is 5.39. The lowest BCUT2D eigenvalue weighted by Gasteiger charge is -2.08. The van der Waals surface area contributed by atoms with Gasteiger partial charge in [-0.15, -0.1) is 0 Å². The van der Waals surface area contributed by atoms with E-state index in [1.54, 1.807) is 7.11 Å². The first-order chi connectivity index (χ1) is 5.72. The van der Waals surface area contributed by atoms with E-state index in [1.165, 1.54) is 0 Å². The van der Waals surface area contributed by atoms with Crippen molar-refractivity contribution >= 4 is 5.69 Å². The van der Waals surface area contributed by atoms with Crippen molar-refractivity contribution in [2.24, 2.45) is 5.73 Å². The van der Waals surface area contributed by atoms with E-state index < -0.39 is 0 Å². The Morgan fingerprint density at radius 1 is 1.33 bits per heavy atom. The minimum absolute atomic E-state index is 0.228. The lowest BCUT2D eigenvalue weighted by Crippen LogP contribution is -2.24. The highest BCUT2D eigenvalue weighted by Gasteiger charge is 2.00. The second-order valence-electron chi connectivity index (χ2n) is 2.72. The van der Waals surface area contributed by atoms with Gasteiger partial charge in [-0.05, 0) is 17.7 Å². The molecular formula is C9H14N2O. The fourth-order valence-corrected chi connectivity index (χ4v) is 0.969. The van der Waals surface area contributed by atoms with Crippen molar-refractivity contribution in [1.82, 2.24) is 0 Å². The highest BCUT2D eigenvalue weighted by atomic mass is 16.5. The van der Waals surface area contributed by atoms with E-state index in [0.29, 0.717) is 0 Å². The predicted molar refractivity (Wildman–Crippen MR) is 49.5 cm³/mol. The minimum atomic E-state index is -0.228. The molecule has 1 rings (SSSR count). The third-order valence-corrected chi connectivity index (χ3v) is 1.72. The molecule has 0 radical (unpaired) electrons. The molecule has 4 N–H and O–H groups in total. The van der Waals surface area contributed by atoms with Gasteiger partial charge in [-0.3, -0.25) is 0 Å². The Bertz CT molecular complexity index is 233. The Kier molecular flexibility index (Phi) is 3.08. The van der Waals surface area contributed by atoms with Crippen molar-refractivity contribution in [3.8, 4) is 0 Å². The van der Waals surface area contributed by atoms with Gasteiger partial charge in [-0.1, -0.05) is 12.1 Å². The molecule has 0 saturated carbocycles. The van der Waals surface area contributed by atoms with Crippen molar-refractivity contribution in [3.63, 3.8) is 0 Å². The van der Waals surface area contributed by atoms with E-state index in [1.807, 2.05) is 24.3 Å². The van der Waals surface area contributed by atoms with Crippen LogP contribution in [0.2, 0.25) is 0 Å². The molecule has 0 aliphatic heterocycles. The molecule has 0 amide bonds. The summed E-state index contributed by atoms with van der Waals surface area (Å²) in [6.45, 7) is 0. The van der Waals surface area contributed by atoms with Crippen molar-refractivity contribution < 1.29 is 4.74 Å². The molecule has 1 atom stereocenters. The molecule has 0 aliphatic rings. The number of hydrogen-bond acceptors (Lipinski definition) is 3. The summed E-state index contributed by atoms with van der Waals surface area (Å²) in [5.41, 5.74) is 13.0. The van der Waals surface area contributed by atoms with Crippen LogP contribution in [-0.4, -0.2) is 13.3 Å². The molecule has 0 heterocycles. The van der Waals surface area contributed by atoms with Gasteiger partial charge in [0.05, 0.1) is 0 Å². The Balaban J connectivity index is 2.58. The molecule has 0 aliphatic carbocycles. The van der Waals surface area contributed by atoms with Crippen molar-refractivity contribution in [3.05, 3.63) is 29.8 Å². The van der Waals surface area contributed by atoms with Gasteiger partial charge in [0.25, 0.3) is 0 Å².